The first kappa shape index (κ1) is 16.4. The summed E-state index contributed by atoms with van der Waals surface area (Å²) in [6.45, 7) is 0. The van der Waals surface area contributed by atoms with Gasteiger partial charge in [0, 0.05) is 0 Å². The van der Waals surface area contributed by atoms with Crippen molar-refractivity contribution in [2.75, 3.05) is 7.05 Å². The summed E-state index contributed by atoms with van der Waals surface area (Å²) >= 11 is 0. The number of carboxylic acids is 1. The Hall–Kier alpha value is -2.01. The van der Waals surface area contributed by atoms with Gasteiger partial charge in [0.25, 0.3) is 10.0 Å². The molecule has 2 unspecified atom stereocenters. The minimum Gasteiger partial charge on any atom is -0.478 e. The lowest BCUT2D eigenvalue weighted by molar-refractivity contribution is -0.205. The fourth-order valence-corrected chi connectivity index (χ4v) is 2.50. The van der Waals surface area contributed by atoms with Gasteiger partial charge in [-0.25, -0.2) is 17.9 Å². The van der Waals surface area contributed by atoms with E-state index >= 15 is 0 Å². The normalized spacial score (nSPS) is 25.0. The van der Waals surface area contributed by atoms with E-state index in [0.29, 0.717) is 6.08 Å². The van der Waals surface area contributed by atoms with Crippen molar-refractivity contribution < 1.29 is 41.0 Å². The van der Waals surface area contributed by atoms with Gasteiger partial charge in [0.15, 0.2) is 6.10 Å². The van der Waals surface area contributed by atoms with Gasteiger partial charge in [-0.3, -0.25) is 0 Å². The number of rotatable bonds is 3. The molecule has 0 aromatic carbocycles. The van der Waals surface area contributed by atoms with Crippen LogP contribution in [0, 0.1) is 0 Å². The summed E-state index contributed by atoms with van der Waals surface area (Å²) in [7, 11) is -2.84. The number of halogens is 3. The second kappa shape index (κ2) is 5.32. The number of sulfonamides is 1. The van der Waals surface area contributed by atoms with Crippen LogP contribution in [0.1, 0.15) is 0 Å². The molecule has 2 aliphatic heterocycles. The number of aliphatic carboxylic acids is 1. The number of carboxylic acid groups (broad SMARTS) is 1. The molecule has 0 aromatic heterocycles. The van der Waals surface area contributed by atoms with Crippen molar-refractivity contribution in [3.05, 3.63) is 34.7 Å². The first-order valence-electron chi connectivity index (χ1n) is 5.76. The van der Waals surface area contributed by atoms with Crippen molar-refractivity contribution in [3.63, 3.8) is 0 Å². The number of allylic oxidation sites excluding steroid dienone is 2. The molecule has 0 saturated heterocycles. The molecule has 0 spiro atoms. The maximum absolute atomic E-state index is 12.8. The molecule has 2 heterocycles. The average molecular weight is 341 g/mol. The second-order valence-electron chi connectivity index (χ2n) is 4.27. The van der Waals surface area contributed by atoms with Crippen LogP contribution in [-0.2, 0) is 24.3 Å². The largest absolute Gasteiger partial charge is 0.478 e. The Balaban J connectivity index is 2.43. The number of carbonyl (C=O) groups is 1. The minimum atomic E-state index is -4.93. The molecule has 0 radical (unpaired) electrons. The first-order valence-corrected chi connectivity index (χ1v) is 7.25. The Morgan fingerprint density at radius 2 is 1.95 bits per heavy atom. The highest BCUT2D eigenvalue weighted by atomic mass is 32.2. The van der Waals surface area contributed by atoms with Crippen LogP contribution in [0.25, 0.3) is 0 Å². The highest BCUT2D eigenvalue weighted by Gasteiger charge is 2.50. The van der Waals surface area contributed by atoms with Gasteiger partial charge in [-0.15, -0.1) is 0 Å². The Morgan fingerprint density at radius 3 is 2.45 bits per heavy atom. The molecule has 122 valence electrons. The maximum Gasteiger partial charge on any atom is 0.429 e. The standard InChI is InChI=1S/C11H10F3NO6S/c1-15-22(18,19)8-3-2-6-7(20-8)4-5(10(16)17)9(21-6)11(12,13)14/h2-4,7,9,15H,1H3,(H,16,17). The van der Waals surface area contributed by atoms with Gasteiger partial charge >= 0.3 is 12.1 Å². The first-order chi connectivity index (χ1) is 10.1. The highest BCUT2D eigenvalue weighted by molar-refractivity contribution is 7.93. The van der Waals surface area contributed by atoms with E-state index in [2.05, 4.69) is 4.74 Å². The van der Waals surface area contributed by atoms with Gasteiger partial charge in [0.2, 0.25) is 11.2 Å². The number of fused-ring (bicyclic) bond motifs is 1. The molecule has 0 saturated carbocycles. The topological polar surface area (TPSA) is 102 Å². The minimum absolute atomic E-state index is 0.331. The number of hydrogen-bond acceptors (Lipinski definition) is 5. The molecule has 0 amide bonds. The van der Waals surface area contributed by atoms with Gasteiger partial charge < -0.3 is 14.6 Å². The maximum atomic E-state index is 12.8. The fraction of sp³-hybridized carbons (Fsp3) is 0.364. The molecule has 22 heavy (non-hydrogen) atoms. The summed E-state index contributed by atoms with van der Waals surface area (Å²) in [5.74, 6) is -2.17. The van der Waals surface area contributed by atoms with E-state index in [-0.39, 0.29) is 5.76 Å². The van der Waals surface area contributed by atoms with E-state index < -0.39 is 45.0 Å². The number of hydrogen-bond donors (Lipinski definition) is 2. The second-order valence-corrected chi connectivity index (χ2v) is 6.08. The lowest BCUT2D eigenvalue weighted by Crippen LogP contribution is -2.42. The lowest BCUT2D eigenvalue weighted by Gasteiger charge is -2.33. The quantitative estimate of drug-likeness (QED) is 0.781. The molecule has 0 aromatic rings. The molecular formula is C11H10F3NO6S. The van der Waals surface area contributed by atoms with E-state index in [0.717, 1.165) is 19.2 Å². The zero-order valence-electron chi connectivity index (χ0n) is 10.9. The molecule has 2 N–H and O–H groups in total. The van der Waals surface area contributed by atoms with Gasteiger partial charge in [0.05, 0.1) is 5.57 Å². The van der Waals surface area contributed by atoms with Crippen LogP contribution in [0.2, 0.25) is 0 Å². The third kappa shape index (κ3) is 2.95. The van der Waals surface area contributed by atoms with Crippen LogP contribution in [0.3, 0.4) is 0 Å². The Morgan fingerprint density at radius 1 is 1.32 bits per heavy atom. The molecule has 2 rings (SSSR count). The number of alkyl halides is 3. The van der Waals surface area contributed by atoms with Crippen LogP contribution >= 0.6 is 0 Å². The van der Waals surface area contributed by atoms with Crippen LogP contribution in [0.4, 0.5) is 13.2 Å². The molecule has 2 aliphatic rings. The molecule has 0 bridgehead atoms. The van der Waals surface area contributed by atoms with E-state index in [9.17, 15) is 26.4 Å². The smallest absolute Gasteiger partial charge is 0.429 e. The zero-order chi connectivity index (χ0) is 16.7. The van der Waals surface area contributed by atoms with E-state index in [1.54, 1.807) is 0 Å². The van der Waals surface area contributed by atoms with Crippen molar-refractivity contribution in [1.29, 1.82) is 0 Å². The van der Waals surface area contributed by atoms with Crippen LogP contribution in [-0.4, -0.2) is 44.9 Å². The third-order valence-corrected chi connectivity index (χ3v) is 4.15. The Labute approximate surface area is 122 Å². The van der Waals surface area contributed by atoms with Crippen LogP contribution in [0.5, 0.6) is 0 Å². The van der Waals surface area contributed by atoms with Crippen molar-refractivity contribution in [3.8, 4) is 0 Å². The summed E-state index contributed by atoms with van der Waals surface area (Å²) in [5, 5.41) is 8.31. The number of ether oxygens (including phenoxy) is 2. The molecule has 0 aliphatic carbocycles. The predicted octanol–water partition coefficient (Wildman–Crippen LogP) is 0.632. The Kier molecular flexibility index (Phi) is 3.96. The molecule has 7 nitrogen and oxygen atoms in total. The lowest BCUT2D eigenvalue weighted by atomic mass is 10.0. The average Bonchev–Trinajstić information content (AvgIpc) is 2.44. The van der Waals surface area contributed by atoms with Gasteiger partial charge in [0.1, 0.15) is 5.76 Å². The fourth-order valence-electron chi connectivity index (χ4n) is 1.82. The van der Waals surface area contributed by atoms with E-state index in [1.165, 1.54) is 0 Å². The predicted molar refractivity (Wildman–Crippen MR) is 65.7 cm³/mol. The molecular weight excluding hydrogens is 331 g/mol. The highest BCUT2D eigenvalue weighted by Crippen LogP contribution is 2.37. The van der Waals surface area contributed by atoms with Gasteiger partial charge in [-0.05, 0) is 25.3 Å². The van der Waals surface area contributed by atoms with E-state index in [1.807, 2.05) is 4.72 Å². The van der Waals surface area contributed by atoms with Gasteiger partial charge in [-0.2, -0.15) is 13.2 Å². The number of nitrogens with one attached hydrogen (secondary N) is 1. The summed E-state index contributed by atoms with van der Waals surface area (Å²) in [5.41, 5.74) is -1.07. The third-order valence-electron chi connectivity index (χ3n) is 2.85. The van der Waals surface area contributed by atoms with Crippen LogP contribution < -0.4 is 4.72 Å². The van der Waals surface area contributed by atoms with Crippen molar-refractivity contribution in [2.45, 2.75) is 18.4 Å². The molecule has 2 atom stereocenters. The summed E-state index contributed by atoms with van der Waals surface area (Å²) in [6.07, 6.45) is -6.36. The zero-order valence-corrected chi connectivity index (χ0v) is 11.7. The van der Waals surface area contributed by atoms with Crippen molar-refractivity contribution in [1.82, 2.24) is 4.72 Å². The molecule has 11 heteroatoms. The van der Waals surface area contributed by atoms with Gasteiger partial charge in [-0.1, -0.05) is 0 Å². The van der Waals surface area contributed by atoms with Crippen molar-refractivity contribution >= 4 is 16.0 Å². The summed E-state index contributed by atoms with van der Waals surface area (Å²) in [4.78, 5) is 11.0. The van der Waals surface area contributed by atoms with E-state index in [4.69, 9.17) is 9.84 Å². The van der Waals surface area contributed by atoms with Crippen molar-refractivity contribution in [2.24, 2.45) is 0 Å². The summed E-state index contributed by atoms with van der Waals surface area (Å²) in [6, 6.07) is 0. The SMILES string of the molecule is CNS(=O)(=O)C1=CC=C2OC(C(F)(F)F)C(C(=O)O)=CC2O1. The van der Waals surface area contributed by atoms with Crippen LogP contribution in [0.15, 0.2) is 34.7 Å². The Bertz CT molecular complexity index is 691. The molecule has 0 fully saturated rings. The summed E-state index contributed by atoms with van der Waals surface area (Å²) < 4.78 is 73.2. The monoisotopic (exact) mass is 341 g/mol.